The van der Waals surface area contributed by atoms with Crippen LogP contribution in [0.3, 0.4) is 0 Å². The highest BCUT2D eigenvalue weighted by atomic mass is 16.5. The molecular formula is C34H46NO4+. The molecule has 1 atom stereocenters. The molecule has 1 aliphatic rings. The summed E-state index contributed by atoms with van der Waals surface area (Å²) >= 11 is 0. The molecule has 2 aromatic carbocycles. The first kappa shape index (κ1) is 28.9. The van der Waals surface area contributed by atoms with E-state index in [1.165, 1.54) is 55.0 Å². The van der Waals surface area contributed by atoms with Gasteiger partial charge in [0.25, 0.3) is 0 Å². The number of carbonyl (C=O) groups is 1. The van der Waals surface area contributed by atoms with E-state index in [4.69, 9.17) is 14.2 Å². The van der Waals surface area contributed by atoms with Crippen molar-refractivity contribution in [2.75, 3.05) is 20.8 Å². The first-order chi connectivity index (χ1) is 19.0. The summed E-state index contributed by atoms with van der Waals surface area (Å²) in [7, 11) is 3.19. The molecule has 0 amide bonds. The Morgan fingerprint density at radius 3 is 2.51 bits per heavy atom. The first-order valence-corrected chi connectivity index (χ1v) is 14.9. The summed E-state index contributed by atoms with van der Waals surface area (Å²) in [4.78, 5) is 11.3. The monoisotopic (exact) mass is 532 g/mol. The van der Waals surface area contributed by atoms with Crippen molar-refractivity contribution in [3.8, 4) is 22.8 Å². The highest BCUT2D eigenvalue weighted by Gasteiger charge is 2.32. The largest absolute Gasteiger partial charge is 0.493 e. The Balaban J connectivity index is 1.51. The number of aromatic nitrogens is 1. The zero-order chi connectivity index (χ0) is 27.6. The maximum absolute atomic E-state index is 11.3. The molecule has 0 saturated carbocycles. The smallest absolute Gasteiger partial charge is 0.305 e. The number of hydrogen-bond acceptors (Lipinski definition) is 4. The summed E-state index contributed by atoms with van der Waals surface area (Å²) in [6.45, 7) is 5.20. The van der Waals surface area contributed by atoms with Gasteiger partial charge >= 0.3 is 5.97 Å². The number of fused-ring (bicyclic) bond motifs is 4. The van der Waals surface area contributed by atoms with Crippen molar-refractivity contribution in [1.29, 1.82) is 0 Å². The second-order valence-electron chi connectivity index (χ2n) is 11.3. The highest BCUT2D eigenvalue weighted by molar-refractivity contribution is 5.91. The standard InChI is InChI=1S/C34H46NO4/c1-25(2)14-13-21-39-34-30-24-35-28(16-9-7-5-6-8-10-18-33(36)38-4)22-26-15-11-12-17-29(26)31(35)23-27(30)19-20-32(34)37-3/h11-12,15,17,19-20,23-25,28H,5-10,13-14,16,18,21-22H2,1-4H3/q+1. The van der Waals surface area contributed by atoms with Crippen LogP contribution in [0.4, 0.5) is 0 Å². The molecule has 0 N–H and O–H groups in total. The van der Waals surface area contributed by atoms with Crippen LogP contribution in [-0.2, 0) is 16.0 Å². The van der Waals surface area contributed by atoms with E-state index >= 15 is 0 Å². The van der Waals surface area contributed by atoms with E-state index in [0.717, 1.165) is 55.4 Å². The van der Waals surface area contributed by atoms with Gasteiger partial charge in [-0.3, -0.25) is 4.79 Å². The third kappa shape index (κ3) is 7.52. The van der Waals surface area contributed by atoms with Crippen molar-refractivity contribution >= 4 is 16.7 Å². The SMILES string of the molecule is COC(=O)CCCCCCCCC1Cc2ccccc2-c2cc3ccc(OC)c(OCCCC(C)C)c3c[n+]21. The minimum absolute atomic E-state index is 0.0995. The molecule has 1 unspecified atom stereocenters. The Morgan fingerprint density at radius 1 is 0.974 bits per heavy atom. The van der Waals surface area contributed by atoms with Gasteiger partial charge in [-0.15, -0.1) is 0 Å². The number of nitrogens with zero attached hydrogens (tertiary/aromatic N) is 1. The summed E-state index contributed by atoms with van der Waals surface area (Å²) in [5.41, 5.74) is 4.05. The lowest BCUT2D eigenvalue weighted by molar-refractivity contribution is -0.714. The van der Waals surface area contributed by atoms with Crippen molar-refractivity contribution in [2.24, 2.45) is 5.92 Å². The number of esters is 1. The van der Waals surface area contributed by atoms with Crippen LogP contribution in [0.2, 0.25) is 0 Å². The molecule has 1 aromatic heterocycles. The number of benzene rings is 2. The van der Waals surface area contributed by atoms with Crippen molar-refractivity contribution in [3.63, 3.8) is 0 Å². The third-order valence-corrected chi connectivity index (χ3v) is 7.96. The van der Waals surface area contributed by atoms with E-state index in [-0.39, 0.29) is 5.97 Å². The molecular weight excluding hydrogens is 486 g/mol. The van der Waals surface area contributed by atoms with Gasteiger partial charge < -0.3 is 14.2 Å². The van der Waals surface area contributed by atoms with Crippen LogP contribution >= 0.6 is 0 Å². The number of hydrogen-bond donors (Lipinski definition) is 0. The molecule has 5 heteroatoms. The molecule has 1 aliphatic heterocycles. The number of unbranched alkanes of at least 4 members (excludes halogenated alkanes) is 5. The van der Waals surface area contributed by atoms with Crippen LogP contribution < -0.4 is 14.0 Å². The van der Waals surface area contributed by atoms with Crippen molar-refractivity contribution in [3.05, 3.63) is 54.2 Å². The summed E-state index contributed by atoms with van der Waals surface area (Å²) in [5, 5.41) is 2.31. The second-order valence-corrected chi connectivity index (χ2v) is 11.3. The normalized spacial score (nSPS) is 14.2. The van der Waals surface area contributed by atoms with Gasteiger partial charge in [-0.1, -0.05) is 57.7 Å². The van der Waals surface area contributed by atoms with E-state index in [1.807, 2.05) is 6.07 Å². The van der Waals surface area contributed by atoms with Crippen LogP contribution in [0.15, 0.2) is 48.7 Å². The lowest BCUT2D eigenvalue weighted by atomic mass is 9.89. The number of rotatable bonds is 15. The van der Waals surface area contributed by atoms with Gasteiger partial charge in [0.1, 0.15) is 0 Å². The lowest BCUT2D eigenvalue weighted by Crippen LogP contribution is -2.45. The highest BCUT2D eigenvalue weighted by Crippen LogP contribution is 2.39. The summed E-state index contributed by atoms with van der Waals surface area (Å²) in [6, 6.07) is 15.8. The molecule has 0 fully saturated rings. The molecule has 0 radical (unpaired) electrons. The zero-order valence-corrected chi connectivity index (χ0v) is 24.3. The minimum Gasteiger partial charge on any atom is -0.493 e. The molecule has 3 aromatic rings. The van der Waals surface area contributed by atoms with Crippen LogP contribution in [-0.4, -0.2) is 26.8 Å². The fourth-order valence-corrected chi connectivity index (χ4v) is 5.78. The predicted molar refractivity (Wildman–Crippen MR) is 157 cm³/mol. The minimum atomic E-state index is -0.0995. The van der Waals surface area contributed by atoms with Gasteiger partial charge in [0.05, 0.1) is 26.2 Å². The topological polar surface area (TPSA) is 48.6 Å². The van der Waals surface area contributed by atoms with Gasteiger partial charge in [-0.25, -0.2) is 0 Å². The van der Waals surface area contributed by atoms with E-state index in [9.17, 15) is 4.79 Å². The quantitative estimate of drug-likeness (QED) is 0.113. The molecule has 0 saturated heterocycles. The van der Waals surface area contributed by atoms with Gasteiger partial charge in [0.2, 0.25) is 5.69 Å². The molecule has 5 nitrogen and oxygen atoms in total. The molecule has 0 bridgehead atoms. The Bertz CT molecular complexity index is 1240. The molecule has 4 rings (SSSR count). The predicted octanol–water partition coefficient (Wildman–Crippen LogP) is 8.01. The first-order valence-electron chi connectivity index (χ1n) is 14.9. The molecule has 210 valence electrons. The zero-order valence-electron chi connectivity index (χ0n) is 24.3. The Kier molecular flexibility index (Phi) is 10.6. The van der Waals surface area contributed by atoms with Crippen LogP contribution in [0.5, 0.6) is 11.5 Å². The van der Waals surface area contributed by atoms with Gasteiger partial charge in [-0.05, 0) is 60.7 Å². The lowest BCUT2D eigenvalue weighted by Gasteiger charge is -2.23. The van der Waals surface area contributed by atoms with Crippen molar-refractivity contribution in [1.82, 2.24) is 0 Å². The maximum atomic E-state index is 11.3. The fraction of sp³-hybridized carbons (Fsp3) is 0.529. The number of methoxy groups -OCH3 is 2. The van der Waals surface area contributed by atoms with Gasteiger partial charge in [0, 0.05) is 30.9 Å². The van der Waals surface area contributed by atoms with Crippen LogP contribution in [0.25, 0.3) is 22.0 Å². The average molecular weight is 533 g/mol. The van der Waals surface area contributed by atoms with E-state index in [1.54, 1.807) is 7.11 Å². The third-order valence-electron chi connectivity index (χ3n) is 7.96. The summed E-state index contributed by atoms with van der Waals surface area (Å²) in [5.74, 6) is 2.23. The van der Waals surface area contributed by atoms with E-state index < -0.39 is 0 Å². The van der Waals surface area contributed by atoms with Crippen molar-refractivity contribution in [2.45, 2.75) is 90.5 Å². The number of carbonyl (C=O) groups excluding carboxylic acids is 1. The molecule has 0 aliphatic carbocycles. The summed E-state index contributed by atoms with van der Waals surface area (Å²) in [6.07, 6.45) is 14.1. The number of pyridine rings is 1. The summed E-state index contributed by atoms with van der Waals surface area (Å²) < 4.78 is 19.4. The van der Waals surface area contributed by atoms with Crippen LogP contribution in [0.1, 0.15) is 89.7 Å². The Labute approximate surface area is 234 Å². The maximum Gasteiger partial charge on any atom is 0.305 e. The molecule has 39 heavy (non-hydrogen) atoms. The Hall–Kier alpha value is -3.08. The second kappa shape index (κ2) is 14.3. The van der Waals surface area contributed by atoms with Gasteiger partial charge in [-0.2, -0.15) is 4.57 Å². The van der Waals surface area contributed by atoms with Crippen LogP contribution in [0, 0.1) is 5.92 Å². The average Bonchev–Trinajstić information content (AvgIpc) is 2.95. The molecule has 2 heterocycles. The fourth-order valence-electron chi connectivity index (χ4n) is 5.78. The van der Waals surface area contributed by atoms with E-state index in [2.05, 4.69) is 61.0 Å². The van der Waals surface area contributed by atoms with Crippen molar-refractivity contribution < 1.29 is 23.6 Å². The Morgan fingerprint density at radius 2 is 1.74 bits per heavy atom. The molecule has 0 spiro atoms. The van der Waals surface area contributed by atoms with E-state index in [0.29, 0.717) is 25.0 Å². The van der Waals surface area contributed by atoms with Gasteiger partial charge in [0.15, 0.2) is 23.7 Å². The number of ether oxygens (including phenoxy) is 3.